The molecule has 0 spiro atoms. The van der Waals surface area contributed by atoms with E-state index < -0.39 is 0 Å². The maximum Gasteiger partial charge on any atom is 0.0754 e. The molecule has 102 valence electrons. The lowest BCUT2D eigenvalue weighted by Gasteiger charge is -2.15. The fourth-order valence-electron chi connectivity index (χ4n) is 2.87. The smallest absolute Gasteiger partial charge is 0.0754 e. The highest BCUT2D eigenvalue weighted by Crippen LogP contribution is 2.23. The lowest BCUT2D eigenvalue weighted by Crippen LogP contribution is -2.20. The fourth-order valence-corrected chi connectivity index (χ4v) is 2.87. The van der Waals surface area contributed by atoms with Crippen LogP contribution in [0.1, 0.15) is 25.5 Å². The molecule has 1 atom stereocenters. The minimum Gasteiger partial charge on any atom is -0.376 e. The van der Waals surface area contributed by atoms with Gasteiger partial charge in [-0.25, -0.2) is 0 Å². The van der Waals surface area contributed by atoms with Crippen molar-refractivity contribution in [2.24, 2.45) is 0 Å². The summed E-state index contributed by atoms with van der Waals surface area (Å²) in [5.41, 5.74) is 2.68. The first-order chi connectivity index (χ1) is 9.38. The van der Waals surface area contributed by atoms with Gasteiger partial charge in [0.1, 0.15) is 0 Å². The summed E-state index contributed by atoms with van der Waals surface area (Å²) in [6.45, 7) is 5.98. The van der Waals surface area contributed by atoms with E-state index in [1.165, 1.54) is 29.4 Å². The van der Waals surface area contributed by atoms with Crippen molar-refractivity contribution < 1.29 is 4.74 Å². The van der Waals surface area contributed by atoms with E-state index in [1.54, 1.807) is 0 Å². The predicted octanol–water partition coefficient (Wildman–Crippen LogP) is 2.93. The third-order valence-corrected chi connectivity index (χ3v) is 3.86. The van der Waals surface area contributed by atoms with Crippen LogP contribution in [-0.2, 0) is 17.8 Å². The maximum atomic E-state index is 5.79. The fraction of sp³-hybridized carbons (Fsp3) is 0.500. The molecule has 3 rings (SSSR count). The largest absolute Gasteiger partial charge is 0.376 e. The first kappa shape index (κ1) is 12.7. The van der Waals surface area contributed by atoms with E-state index >= 15 is 0 Å². The Bertz CT molecular complexity index is 541. The van der Waals surface area contributed by atoms with E-state index in [-0.39, 0.29) is 0 Å². The summed E-state index contributed by atoms with van der Waals surface area (Å²) in [7, 11) is 0. The molecule has 2 aromatic rings. The normalized spacial score (nSPS) is 19.3. The molecule has 1 unspecified atom stereocenters. The topological polar surface area (TPSA) is 26.2 Å². The molecule has 1 aliphatic heterocycles. The third kappa shape index (κ3) is 2.67. The van der Waals surface area contributed by atoms with Gasteiger partial charge in [-0.1, -0.05) is 25.1 Å². The van der Waals surface area contributed by atoms with E-state index in [4.69, 9.17) is 4.74 Å². The average molecular weight is 258 g/mol. The molecular formula is C16H22N2O. The minimum absolute atomic E-state index is 0.385. The van der Waals surface area contributed by atoms with E-state index in [9.17, 15) is 0 Å². The minimum atomic E-state index is 0.385. The Morgan fingerprint density at radius 2 is 2.26 bits per heavy atom. The van der Waals surface area contributed by atoms with E-state index in [0.717, 1.165) is 26.2 Å². The molecule has 3 heteroatoms. The summed E-state index contributed by atoms with van der Waals surface area (Å²) in [6, 6.07) is 10.9. The molecule has 0 saturated carbocycles. The quantitative estimate of drug-likeness (QED) is 0.892. The standard InChI is InChI=1S/C16H22N2O/c1-2-17-11-14-10-13-6-3-4-8-16(13)18(14)12-15-7-5-9-19-15/h3-4,6,8,10,15,17H,2,5,7,9,11-12H2,1H3. The number of nitrogens with zero attached hydrogens (tertiary/aromatic N) is 1. The van der Waals surface area contributed by atoms with Crippen molar-refractivity contribution in [1.82, 2.24) is 9.88 Å². The van der Waals surface area contributed by atoms with Crippen LogP contribution in [0.3, 0.4) is 0 Å². The third-order valence-electron chi connectivity index (χ3n) is 3.86. The maximum absolute atomic E-state index is 5.79. The molecule has 19 heavy (non-hydrogen) atoms. The van der Waals surface area contributed by atoms with Crippen LogP contribution in [0, 0.1) is 0 Å². The van der Waals surface area contributed by atoms with Gasteiger partial charge in [0, 0.05) is 30.9 Å². The summed E-state index contributed by atoms with van der Waals surface area (Å²) in [4.78, 5) is 0. The Morgan fingerprint density at radius 3 is 3.05 bits per heavy atom. The summed E-state index contributed by atoms with van der Waals surface area (Å²) in [5, 5.41) is 4.76. The molecule has 2 heterocycles. The summed E-state index contributed by atoms with van der Waals surface area (Å²) in [6.07, 6.45) is 2.77. The second-order valence-corrected chi connectivity index (χ2v) is 5.22. The summed E-state index contributed by atoms with van der Waals surface area (Å²) in [5.74, 6) is 0. The van der Waals surface area contributed by atoms with Gasteiger partial charge in [-0.15, -0.1) is 0 Å². The first-order valence-electron chi connectivity index (χ1n) is 7.28. The van der Waals surface area contributed by atoms with E-state index in [0.29, 0.717) is 6.10 Å². The zero-order chi connectivity index (χ0) is 13.1. The van der Waals surface area contributed by atoms with Gasteiger partial charge in [-0.2, -0.15) is 0 Å². The van der Waals surface area contributed by atoms with Gasteiger partial charge in [0.05, 0.1) is 6.10 Å². The highest BCUT2D eigenvalue weighted by atomic mass is 16.5. The van der Waals surface area contributed by atoms with Gasteiger partial charge in [-0.3, -0.25) is 0 Å². The monoisotopic (exact) mass is 258 g/mol. The van der Waals surface area contributed by atoms with Crippen LogP contribution in [0.15, 0.2) is 30.3 Å². The lowest BCUT2D eigenvalue weighted by atomic mass is 10.2. The molecule has 1 aromatic heterocycles. The Hall–Kier alpha value is -1.32. The Labute approximate surface area is 114 Å². The van der Waals surface area contributed by atoms with Gasteiger partial charge >= 0.3 is 0 Å². The van der Waals surface area contributed by atoms with Gasteiger partial charge in [-0.05, 0) is 36.9 Å². The van der Waals surface area contributed by atoms with Gasteiger partial charge in [0.2, 0.25) is 0 Å². The molecule has 1 fully saturated rings. The second kappa shape index (κ2) is 5.76. The summed E-state index contributed by atoms with van der Waals surface area (Å²) >= 11 is 0. The van der Waals surface area contributed by atoms with Crippen molar-refractivity contribution in [3.8, 4) is 0 Å². The summed E-state index contributed by atoms with van der Waals surface area (Å²) < 4.78 is 8.22. The highest BCUT2D eigenvalue weighted by molar-refractivity contribution is 5.81. The number of benzene rings is 1. The van der Waals surface area contributed by atoms with Crippen LogP contribution in [0.2, 0.25) is 0 Å². The number of fused-ring (bicyclic) bond motifs is 1. The zero-order valence-electron chi connectivity index (χ0n) is 11.6. The molecule has 1 N–H and O–H groups in total. The van der Waals surface area contributed by atoms with Crippen molar-refractivity contribution in [3.05, 3.63) is 36.0 Å². The molecule has 1 aliphatic rings. The van der Waals surface area contributed by atoms with Crippen LogP contribution in [0.5, 0.6) is 0 Å². The van der Waals surface area contributed by atoms with Gasteiger partial charge < -0.3 is 14.6 Å². The second-order valence-electron chi connectivity index (χ2n) is 5.22. The molecule has 0 bridgehead atoms. The Kier molecular flexibility index (Phi) is 3.85. The van der Waals surface area contributed by atoms with Crippen molar-refractivity contribution in [3.63, 3.8) is 0 Å². The number of hydrogen-bond acceptors (Lipinski definition) is 2. The number of para-hydroxylation sites is 1. The van der Waals surface area contributed by atoms with E-state index in [1.807, 2.05) is 0 Å². The zero-order valence-corrected chi connectivity index (χ0v) is 11.6. The van der Waals surface area contributed by atoms with Gasteiger partial charge in [0.25, 0.3) is 0 Å². The Balaban J connectivity index is 1.92. The number of hydrogen-bond donors (Lipinski definition) is 1. The van der Waals surface area contributed by atoms with Crippen molar-refractivity contribution in [2.45, 2.75) is 39.0 Å². The SMILES string of the molecule is CCNCc1cc2ccccc2n1CC1CCCO1. The van der Waals surface area contributed by atoms with Crippen LogP contribution >= 0.6 is 0 Å². The highest BCUT2D eigenvalue weighted by Gasteiger charge is 2.18. The molecule has 1 aromatic carbocycles. The number of nitrogens with one attached hydrogen (secondary N) is 1. The van der Waals surface area contributed by atoms with Crippen LogP contribution in [0.25, 0.3) is 10.9 Å². The number of rotatable bonds is 5. The predicted molar refractivity (Wildman–Crippen MR) is 78.3 cm³/mol. The van der Waals surface area contributed by atoms with Crippen molar-refractivity contribution in [2.75, 3.05) is 13.2 Å². The lowest BCUT2D eigenvalue weighted by molar-refractivity contribution is 0.0973. The first-order valence-corrected chi connectivity index (χ1v) is 7.28. The van der Waals surface area contributed by atoms with Crippen LogP contribution in [-0.4, -0.2) is 23.8 Å². The number of ether oxygens (including phenoxy) is 1. The van der Waals surface area contributed by atoms with E-state index in [2.05, 4.69) is 47.1 Å². The molecule has 0 aliphatic carbocycles. The van der Waals surface area contributed by atoms with Crippen LogP contribution < -0.4 is 5.32 Å². The van der Waals surface area contributed by atoms with Crippen LogP contribution in [0.4, 0.5) is 0 Å². The molecule has 1 saturated heterocycles. The number of aromatic nitrogens is 1. The average Bonchev–Trinajstić information content (AvgIpc) is 3.06. The molecule has 0 radical (unpaired) electrons. The van der Waals surface area contributed by atoms with Crippen molar-refractivity contribution >= 4 is 10.9 Å². The van der Waals surface area contributed by atoms with Crippen molar-refractivity contribution in [1.29, 1.82) is 0 Å². The molecular weight excluding hydrogens is 236 g/mol. The molecule has 3 nitrogen and oxygen atoms in total. The Morgan fingerprint density at radius 1 is 1.37 bits per heavy atom. The molecule has 0 amide bonds. The van der Waals surface area contributed by atoms with Gasteiger partial charge in [0.15, 0.2) is 0 Å².